The highest BCUT2D eigenvalue weighted by Gasteiger charge is 2.24. The molecule has 1 amide bonds. The monoisotopic (exact) mass is 413 g/mol. The summed E-state index contributed by atoms with van der Waals surface area (Å²) in [6, 6.07) is 5.89. The molecule has 1 N–H and O–H groups in total. The number of hydrogen-bond acceptors (Lipinski definition) is 5. The fraction of sp³-hybridized carbons (Fsp3) is 0.650. The van der Waals surface area contributed by atoms with E-state index >= 15 is 0 Å². The normalized spacial score (nSPS) is 17.1. The number of amides is 1. The van der Waals surface area contributed by atoms with Crippen LogP contribution in [0, 0.1) is 0 Å². The van der Waals surface area contributed by atoms with Gasteiger partial charge in [0.15, 0.2) is 0 Å². The average molecular weight is 414 g/mol. The number of thioether (sulfide) groups is 1. The minimum Gasteiger partial charge on any atom is -0.489 e. The average Bonchev–Trinajstić information content (AvgIpc) is 2.63. The second kappa shape index (κ2) is 11.1. The van der Waals surface area contributed by atoms with E-state index < -0.39 is 0 Å². The largest absolute Gasteiger partial charge is 0.489 e. The zero-order valence-corrected chi connectivity index (χ0v) is 18.4. The van der Waals surface area contributed by atoms with Crippen molar-refractivity contribution in [3.8, 4) is 5.75 Å². The van der Waals surface area contributed by atoms with Crippen molar-refractivity contribution in [1.29, 1.82) is 0 Å². The Morgan fingerprint density at radius 2 is 2.11 bits per heavy atom. The Bertz CT molecular complexity index is 607. The molecule has 7 heteroatoms. The van der Waals surface area contributed by atoms with Crippen molar-refractivity contribution >= 4 is 29.3 Å². The number of ether oxygens (including phenoxy) is 1. The highest BCUT2D eigenvalue weighted by molar-refractivity contribution is 7.98. The molecular formula is C20H32ClN3O2S. The molecule has 1 aromatic rings. The summed E-state index contributed by atoms with van der Waals surface area (Å²) in [5, 5.41) is 3.39. The first-order chi connectivity index (χ1) is 12.9. The van der Waals surface area contributed by atoms with Crippen LogP contribution >= 0.6 is 23.4 Å². The van der Waals surface area contributed by atoms with Crippen molar-refractivity contribution in [1.82, 2.24) is 15.1 Å². The molecule has 1 aliphatic heterocycles. The number of halogens is 1. The summed E-state index contributed by atoms with van der Waals surface area (Å²) in [5.41, 5.74) is 0.562. The molecule has 0 aromatic heterocycles. The van der Waals surface area contributed by atoms with E-state index in [0.29, 0.717) is 28.9 Å². The van der Waals surface area contributed by atoms with E-state index in [2.05, 4.69) is 23.4 Å². The van der Waals surface area contributed by atoms with Gasteiger partial charge >= 0.3 is 0 Å². The fourth-order valence-electron chi connectivity index (χ4n) is 3.19. The van der Waals surface area contributed by atoms with Crippen LogP contribution in [0.15, 0.2) is 18.2 Å². The van der Waals surface area contributed by atoms with Crippen molar-refractivity contribution in [2.75, 3.05) is 52.3 Å². The molecule has 0 aliphatic carbocycles. The quantitative estimate of drug-likeness (QED) is 0.673. The molecule has 0 saturated carbocycles. The SMILES string of the molecule is CSC[C@H](C)N1CCC(Oc2ccc(C(=O)NCCN(C)C)cc2Cl)CC1. The third kappa shape index (κ3) is 7.18. The number of nitrogens with one attached hydrogen (secondary N) is 1. The van der Waals surface area contributed by atoms with Crippen LogP contribution in [0.3, 0.4) is 0 Å². The maximum atomic E-state index is 12.2. The first-order valence-electron chi connectivity index (χ1n) is 9.52. The number of hydrogen-bond donors (Lipinski definition) is 1. The van der Waals surface area contributed by atoms with Crippen LogP contribution in [0.2, 0.25) is 5.02 Å². The van der Waals surface area contributed by atoms with Crippen LogP contribution in [0.25, 0.3) is 0 Å². The van der Waals surface area contributed by atoms with E-state index in [0.717, 1.165) is 38.2 Å². The van der Waals surface area contributed by atoms with E-state index in [1.165, 1.54) is 0 Å². The molecule has 1 atom stereocenters. The maximum Gasteiger partial charge on any atom is 0.251 e. The Morgan fingerprint density at radius 3 is 2.70 bits per heavy atom. The van der Waals surface area contributed by atoms with Gasteiger partial charge in [-0.3, -0.25) is 9.69 Å². The van der Waals surface area contributed by atoms with E-state index in [1.54, 1.807) is 12.1 Å². The van der Waals surface area contributed by atoms with Crippen LogP contribution in [0.1, 0.15) is 30.1 Å². The standard InChI is InChI=1S/C20H32ClN3O2S/c1-15(14-27-4)24-10-7-17(8-11-24)26-19-6-5-16(13-18(19)21)20(25)22-9-12-23(2)3/h5-6,13,15,17H,7-12,14H2,1-4H3,(H,22,25)/t15-/m0/s1. The zero-order chi connectivity index (χ0) is 19.8. The fourth-order valence-corrected chi connectivity index (χ4v) is 4.11. The lowest BCUT2D eigenvalue weighted by molar-refractivity contribution is 0.0854. The smallest absolute Gasteiger partial charge is 0.251 e. The number of rotatable bonds is 9. The van der Waals surface area contributed by atoms with Crippen LogP contribution in [-0.4, -0.2) is 80.1 Å². The summed E-state index contributed by atoms with van der Waals surface area (Å²) in [5.74, 6) is 1.72. The third-order valence-electron chi connectivity index (χ3n) is 4.84. The number of benzene rings is 1. The molecule has 1 aromatic carbocycles. The van der Waals surface area contributed by atoms with Gasteiger partial charge in [-0.2, -0.15) is 11.8 Å². The lowest BCUT2D eigenvalue weighted by Crippen LogP contribution is -2.43. The summed E-state index contributed by atoms with van der Waals surface area (Å²) in [6.07, 6.45) is 4.34. The molecule has 1 heterocycles. The molecule has 27 heavy (non-hydrogen) atoms. The van der Waals surface area contributed by atoms with Gasteiger partial charge in [-0.1, -0.05) is 11.6 Å². The number of likely N-dealkylation sites (tertiary alicyclic amines) is 1. The minimum atomic E-state index is -0.110. The maximum absolute atomic E-state index is 12.2. The summed E-state index contributed by atoms with van der Waals surface area (Å²) in [4.78, 5) is 16.7. The molecule has 0 radical (unpaired) electrons. The first-order valence-corrected chi connectivity index (χ1v) is 11.3. The number of piperidine rings is 1. The number of nitrogens with zero attached hydrogens (tertiary/aromatic N) is 2. The highest BCUT2D eigenvalue weighted by atomic mass is 35.5. The predicted molar refractivity (Wildman–Crippen MR) is 115 cm³/mol. The van der Waals surface area contributed by atoms with Gasteiger partial charge in [0.25, 0.3) is 5.91 Å². The topological polar surface area (TPSA) is 44.8 Å². The van der Waals surface area contributed by atoms with Gasteiger partial charge in [0.05, 0.1) is 5.02 Å². The van der Waals surface area contributed by atoms with E-state index in [-0.39, 0.29) is 12.0 Å². The second-order valence-electron chi connectivity index (χ2n) is 7.36. The van der Waals surface area contributed by atoms with Crippen LogP contribution in [0.4, 0.5) is 0 Å². The van der Waals surface area contributed by atoms with Gasteiger partial charge in [0.1, 0.15) is 11.9 Å². The molecule has 1 fully saturated rings. The Hall–Kier alpha value is -0.950. The lowest BCUT2D eigenvalue weighted by atomic mass is 10.1. The van der Waals surface area contributed by atoms with Crippen molar-refractivity contribution < 1.29 is 9.53 Å². The van der Waals surface area contributed by atoms with E-state index in [9.17, 15) is 4.79 Å². The molecule has 5 nitrogen and oxygen atoms in total. The van der Waals surface area contributed by atoms with Crippen molar-refractivity contribution in [3.63, 3.8) is 0 Å². The zero-order valence-electron chi connectivity index (χ0n) is 16.8. The Balaban J connectivity index is 1.85. The lowest BCUT2D eigenvalue weighted by Gasteiger charge is -2.36. The van der Waals surface area contributed by atoms with Gasteiger partial charge < -0.3 is 15.0 Å². The van der Waals surface area contributed by atoms with Gasteiger partial charge in [-0.05, 0) is 58.3 Å². The van der Waals surface area contributed by atoms with Crippen molar-refractivity contribution in [2.45, 2.75) is 31.9 Å². The predicted octanol–water partition coefficient (Wildman–Crippen LogP) is 3.23. The molecule has 2 rings (SSSR count). The van der Waals surface area contributed by atoms with Gasteiger partial charge in [-0.25, -0.2) is 0 Å². The highest BCUT2D eigenvalue weighted by Crippen LogP contribution is 2.29. The second-order valence-corrected chi connectivity index (χ2v) is 8.68. The summed E-state index contributed by atoms with van der Waals surface area (Å²) in [7, 11) is 3.95. The number of carbonyl (C=O) groups is 1. The summed E-state index contributed by atoms with van der Waals surface area (Å²) >= 11 is 8.26. The summed E-state index contributed by atoms with van der Waals surface area (Å²) in [6.45, 7) is 5.80. The summed E-state index contributed by atoms with van der Waals surface area (Å²) < 4.78 is 6.12. The van der Waals surface area contributed by atoms with Gasteiger partial charge in [-0.15, -0.1) is 0 Å². The Kier molecular flexibility index (Phi) is 9.22. The molecule has 152 valence electrons. The number of carbonyl (C=O) groups excluding carboxylic acids is 1. The minimum absolute atomic E-state index is 0.110. The van der Waals surface area contributed by atoms with E-state index in [4.69, 9.17) is 16.3 Å². The molecule has 1 saturated heterocycles. The van der Waals surface area contributed by atoms with Crippen LogP contribution in [-0.2, 0) is 0 Å². The van der Waals surface area contributed by atoms with Crippen LogP contribution < -0.4 is 10.1 Å². The van der Waals surface area contributed by atoms with Crippen molar-refractivity contribution in [2.24, 2.45) is 0 Å². The van der Waals surface area contributed by atoms with E-state index in [1.807, 2.05) is 36.8 Å². The van der Waals surface area contributed by atoms with Crippen molar-refractivity contribution in [3.05, 3.63) is 28.8 Å². The molecule has 0 bridgehead atoms. The Labute approximate surface area is 172 Å². The molecule has 0 spiro atoms. The third-order valence-corrected chi connectivity index (χ3v) is 5.95. The van der Waals surface area contributed by atoms with Gasteiger partial charge in [0, 0.05) is 43.5 Å². The molecule has 1 aliphatic rings. The molecular weight excluding hydrogens is 382 g/mol. The van der Waals surface area contributed by atoms with Gasteiger partial charge in [0.2, 0.25) is 0 Å². The first kappa shape index (κ1) is 22.3. The van der Waals surface area contributed by atoms with Crippen LogP contribution in [0.5, 0.6) is 5.75 Å². The number of likely N-dealkylation sites (N-methyl/N-ethyl adjacent to an activating group) is 1. The Morgan fingerprint density at radius 1 is 1.41 bits per heavy atom. The molecule has 0 unspecified atom stereocenters.